The Morgan fingerprint density at radius 1 is 1.00 bits per heavy atom. The Kier molecular flexibility index (Phi) is 3.14. The molecule has 0 radical (unpaired) electrons. The topological polar surface area (TPSA) is 9.23 Å². The van der Waals surface area contributed by atoms with Crippen molar-refractivity contribution in [3.8, 4) is 5.75 Å². The fraction of sp³-hybridized carbons (Fsp3) is 0.333. The van der Waals surface area contributed by atoms with E-state index in [-0.39, 0.29) is 0 Å². The molecule has 2 aromatic rings. The fourth-order valence-electron chi connectivity index (χ4n) is 2.08. The lowest BCUT2D eigenvalue weighted by Crippen LogP contribution is -1.95. The quantitative estimate of drug-likeness (QED) is 0.737. The summed E-state index contributed by atoms with van der Waals surface area (Å²) in [5.41, 5.74) is 1.39. The van der Waals surface area contributed by atoms with E-state index in [4.69, 9.17) is 4.74 Å². The predicted molar refractivity (Wildman–Crippen MR) is 69.2 cm³/mol. The number of rotatable bonds is 3. The molecule has 0 aliphatic heterocycles. The first-order valence-corrected chi connectivity index (χ1v) is 5.88. The summed E-state index contributed by atoms with van der Waals surface area (Å²) < 4.78 is 5.65. The molecule has 1 nitrogen and oxygen atoms in total. The highest BCUT2D eigenvalue weighted by molar-refractivity contribution is 5.91. The number of hydrogen-bond donors (Lipinski definition) is 0. The molecule has 0 amide bonds. The number of fused-ring (bicyclic) bond motifs is 1. The Hall–Kier alpha value is -1.50. The van der Waals surface area contributed by atoms with E-state index in [1.165, 1.54) is 16.3 Å². The molecule has 0 saturated heterocycles. The molecule has 1 heteroatoms. The van der Waals surface area contributed by atoms with Gasteiger partial charge in [-0.2, -0.15) is 0 Å². The van der Waals surface area contributed by atoms with Crippen LogP contribution in [0.25, 0.3) is 10.8 Å². The molecule has 2 aromatic carbocycles. The van der Waals surface area contributed by atoms with Gasteiger partial charge in [-0.3, -0.25) is 0 Å². The predicted octanol–water partition coefficient (Wildman–Crippen LogP) is 4.36. The van der Waals surface area contributed by atoms with Gasteiger partial charge in [0.15, 0.2) is 0 Å². The van der Waals surface area contributed by atoms with E-state index in [1.54, 1.807) is 0 Å². The summed E-state index contributed by atoms with van der Waals surface area (Å²) in [6, 6.07) is 12.7. The van der Waals surface area contributed by atoms with Gasteiger partial charge in [0.05, 0.1) is 6.61 Å². The molecule has 0 aliphatic carbocycles. The van der Waals surface area contributed by atoms with Gasteiger partial charge in [0.25, 0.3) is 0 Å². The van der Waals surface area contributed by atoms with Gasteiger partial charge in [-0.25, -0.2) is 0 Å². The Bertz CT molecular complexity index is 486. The van der Waals surface area contributed by atoms with Gasteiger partial charge in [0, 0.05) is 5.39 Å². The van der Waals surface area contributed by atoms with Crippen molar-refractivity contribution in [2.75, 3.05) is 6.61 Å². The van der Waals surface area contributed by atoms with E-state index in [2.05, 4.69) is 50.2 Å². The molecule has 16 heavy (non-hydrogen) atoms. The van der Waals surface area contributed by atoms with E-state index in [1.807, 2.05) is 6.92 Å². The second kappa shape index (κ2) is 4.56. The van der Waals surface area contributed by atoms with Crippen LogP contribution in [0.2, 0.25) is 0 Å². The van der Waals surface area contributed by atoms with Crippen LogP contribution in [0.1, 0.15) is 32.3 Å². The normalized spacial score (nSPS) is 11.0. The van der Waals surface area contributed by atoms with Crippen LogP contribution in [0.5, 0.6) is 5.75 Å². The van der Waals surface area contributed by atoms with Crippen LogP contribution in [0.3, 0.4) is 0 Å². The minimum absolute atomic E-state index is 0.542. The second-order valence-electron chi connectivity index (χ2n) is 4.29. The van der Waals surface area contributed by atoms with Crippen molar-refractivity contribution in [3.63, 3.8) is 0 Å². The Labute approximate surface area is 97.1 Å². The highest BCUT2D eigenvalue weighted by Gasteiger charge is 2.08. The van der Waals surface area contributed by atoms with E-state index >= 15 is 0 Å². The summed E-state index contributed by atoms with van der Waals surface area (Å²) in [7, 11) is 0. The number of ether oxygens (including phenoxy) is 1. The molecule has 0 N–H and O–H groups in total. The molecular weight excluding hydrogens is 196 g/mol. The third-order valence-corrected chi connectivity index (χ3v) is 2.84. The lowest BCUT2D eigenvalue weighted by atomic mass is 9.96. The third-order valence-electron chi connectivity index (χ3n) is 2.84. The minimum atomic E-state index is 0.542. The van der Waals surface area contributed by atoms with Gasteiger partial charge < -0.3 is 4.74 Å². The van der Waals surface area contributed by atoms with Crippen molar-refractivity contribution in [3.05, 3.63) is 42.0 Å². The Morgan fingerprint density at radius 2 is 1.69 bits per heavy atom. The molecule has 0 spiro atoms. The van der Waals surface area contributed by atoms with E-state index in [0.29, 0.717) is 12.5 Å². The summed E-state index contributed by atoms with van der Waals surface area (Å²) in [5, 5.41) is 2.53. The molecule has 0 unspecified atom stereocenters. The van der Waals surface area contributed by atoms with Crippen LogP contribution in [0.4, 0.5) is 0 Å². The van der Waals surface area contributed by atoms with Crippen LogP contribution in [0.15, 0.2) is 36.4 Å². The Balaban J connectivity index is 2.67. The lowest BCUT2D eigenvalue weighted by molar-refractivity contribution is 0.344. The highest BCUT2D eigenvalue weighted by Crippen LogP contribution is 2.32. The lowest BCUT2D eigenvalue weighted by Gasteiger charge is -2.13. The zero-order chi connectivity index (χ0) is 11.5. The van der Waals surface area contributed by atoms with Crippen molar-refractivity contribution in [1.82, 2.24) is 0 Å². The summed E-state index contributed by atoms with van der Waals surface area (Å²) in [6.07, 6.45) is 0. The van der Waals surface area contributed by atoms with E-state index in [0.717, 1.165) is 5.75 Å². The Morgan fingerprint density at radius 3 is 2.31 bits per heavy atom. The molecule has 2 rings (SSSR count). The zero-order valence-corrected chi connectivity index (χ0v) is 10.2. The van der Waals surface area contributed by atoms with Crippen LogP contribution in [0, 0.1) is 0 Å². The van der Waals surface area contributed by atoms with Gasteiger partial charge in [0.1, 0.15) is 5.75 Å². The molecule has 0 atom stereocenters. The molecule has 84 valence electrons. The number of hydrogen-bond acceptors (Lipinski definition) is 1. The SMILES string of the molecule is CCOc1ccc(C(C)C)c2ccccc12. The first-order chi connectivity index (χ1) is 7.74. The average Bonchev–Trinajstić information content (AvgIpc) is 2.29. The highest BCUT2D eigenvalue weighted by atomic mass is 16.5. The summed E-state index contributed by atoms with van der Waals surface area (Å²) >= 11 is 0. The maximum Gasteiger partial charge on any atom is 0.127 e. The van der Waals surface area contributed by atoms with Gasteiger partial charge >= 0.3 is 0 Å². The minimum Gasteiger partial charge on any atom is -0.493 e. The van der Waals surface area contributed by atoms with Gasteiger partial charge in [-0.05, 0) is 29.9 Å². The van der Waals surface area contributed by atoms with Gasteiger partial charge in [-0.1, -0.05) is 44.2 Å². The average molecular weight is 214 g/mol. The van der Waals surface area contributed by atoms with Crippen molar-refractivity contribution < 1.29 is 4.74 Å². The molecular formula is C15H18O. The summed E-state index contributed by atoms with van der Waals surface area (Å²) in [5.74, 6) is 1.53. The molecule has 0 saturated carbocycles. The molecule has 0 aromatic heterocycles. The molecule has 0 aliphatic rings. The van der Waals surface area contributed by atoms with Crippen molar-refractivity contribution in [2.45, 2.75) is 26.7 Å². The van der Waals surface area contributed by atoms with Crippen molar-refractivity contribution in [1.29, 1.82) is 0 Å². The van der Waals surface area contributed by atoms with Crippen LogP contribution >= 0.6 is 0 Å². The molecule has 0 heterocycles. The fourth-order valence-corrected chi connectivity index (χ4v) is 2.08. The van der Waals surface area contributed by atoms with Crippen molar-refractivity contribution in [2.24, 2.45) is 0 Å². The first kappa shape index (κ1) is 11.0. The largest absolute Gasteiger partial charge is 0.493 e. The van der Waals surface area contributed by atoms with Crippen LogP contribution in [-0.4, -0.2) is 6.61 Å². The van der Waals surface area contributed by atoms with Gasteiger partial charge in [-0.15, -0.1) is 0 Å². The second-order valence-corrected chi connectivity index (χ2v) is 4.29. The summed E-state index contributed by atoms with van der Waals surface area (Å²) in [6.45, 7) is 7.18. The number of benzene rings is 2. The third kappa shape index (κ3) is 1.90. The smallest absolute Gasteiger partial charge is 0.127 e. The zero-order valence-electron chi connectivity index (χ0n) is 10.2. The van der Waals surface area contributed by atoms with Crippen LogP contribution < -0.4 is 4.74 Å². The molecule has 0 bridgehead atoms. The standard InChI is InChI=1S/C15H18O/c1-4-16-15-10-9-12(11(2)3)13-7-5-6-8-14(13)15/h5-11H,4H2,1-3H3. The van der Waals surface area contributed by atoms with E-state index in [9.17, 15) is 0 Å². The van der Waals surface area contributed by atoms with Crippen molar-refractivity contribution >= 4 is 10.8 Å². The van der Waals surface area contributed by atoms with E-state index < -0.39 is 0 Å². The van der Waals surface area contributed by atoms with Crippen LogP contribution in [-0.2, 0) is 0 Å². The monoisotopic (exact) mass is 214 g/mol. The van der Waals surface area contributed by atoms with Gasteiger partial charge in [0.2, 0.25) is 0 Å². The maximum absolute atomic E-state index is 5.65. The first-order valence-electron chi connectivity index (χ1n) is 5.88. The maximum atomic E-state index is 5.65. The summed E-state index contributed by atoms with van der Waals surface area (Å²) in [4.78, 5) is 0. The molecule has 0 fully saturated rings.